The Morgan fingerprint density at radius 2 is 1.55 bits per heavy atom. The second-order valence-electron chi connectivity index (χ2n) is 7.27. The Bertz CT molecular complexity index is 649. The molecule has 13 heteroatoms. The molecule has 11 nitrogen and oxygen atoms in total. The van der Waals surface area contributed by atoms with E-state index in [9.17, 15) is 24.0 Å². The number of nitrogens with one attached hydrogen (secondary N) is 3. The van der Waals surface area contributed by atoms with Crippen molar-refractivity contribution in [1.29, 1.82) is 0 Å². The highest BCUT2D eigenvalue weighted by atomic mass is 32.2. The van der Waals surface area contributed by atoms with Gasteiger partial charge in [0.05, 0.1) is 6.04 Å². The summed E-state index contributed by atoms with van der Waals surface area (Å²) in [5.41, 5.74) is 10.8. The summed E-state index contributed by atoms with van der Waals surface area (Å²) in [4.78, 5) is 59.7. The Morgan fingerprint density at radius 3 is 2.00 bits per heavy atom. The van der Waals surface area contributed by atoms with E-state index in [2.05, 4.69) is 28.6 Å². The number of carbonyl (C=O) groups excluding carboxylic acids is 4. The van der Waals surface area contributed by atoms with E-state index in [0.29, 0.717) is 5.75 Å². The first-order valence-corrected chi connectivity index (χ1v) is 11.7. The summed E-state index contributed by atoms with van der Waals surface area (Å²) in [6, 6.07) is -4.21. The van der Waals surface area contributed by atoms with Gasteiger partial charge in [-0.2, -0.15) is 24.4 Å². The number of nitrogens with two attached hydrogens (primary N) is 2. The first kappa shape index (κ1) is 29.0. The number of rotatable bonds is 15. The molecule has 31 heavy (non-hydrogen) atoms. The van der Waals surface area contributed by atoms with Crippen LogP contribution in [0.15, 0.2) is 0 Å². The SMILES string of the molecule is CSCCC(NC(=O)C(NC(=O)C(N)CCC(N)=O)C(C)C)C(=O)NC(CS)C(=O)O. The van der Waals surface area contributed by atoms with Gasteiger partial charge in [-0.05, 0) is 30.8 Å². The molecule has 0 aromatic rings. The van der Waals surface area contributed by atoms with Crippen LogP contribution in [-0.4, -0.2) is 76.6 Å². The molecule has 0 fully saturated rings. The fourth-order valence-corrected chi connectivity index (χ4v) is 3.17. The molecule has 0 rings (SSSR count). The lowest BCUT2D eigenvalue weighted by molar-refractivity contribution is -0.141. The molecule has 0 radical (unpaired) electrons. The third-order valence-electron chi connectivity index (χ3n) is 4.33. The molecule has 0 aliphatic carbocycles. The van der Waals surface area contributed by atoms with Crippen molar-refractivity contribution in [2.45, 2.75) is 57.3 Å². The molecule has 4 atom stereocenters. The third kappa shape index (κ3) is 11.3. The second kappa shape index (κ2) is 14.9. The fraction of sp³-hybridized carbons (Fsp3) is 0.722. The maximum absolute atomic E-state index is 12.8. The van der Waals surface area contributed by atoms with Crippen LogP contribution in [0.25, 0.3) is 0 Å². The maximum atomic E-state index is 12.8. The topological polar surface area (TPSA) is 194 Å². The Kier molecular flexibility index (Phi) is 14.0. The molecule has 8 N–H and O–H groups in total. The highest BCUT2D eigenvalue weighted by molar-refractivity contribution is 7.98. The number of hydrogen-bond donors (Lipinski definition) is 7. The number of carboxylic acid groups (broad SMARTS) is 1. The average molecular weight is 480 g/mol. The van der Waals surface area contributed by atoms with Gasteiger partial charge in [0.25, 0.3) is 0 Å². The zero-order valence-corrected chi connectivity index (χ0v) is 19.6. The van der Waals surface area contributed by atoms with Crippen LogP contribution < -0.4 is 27.4 Å². The van der Waals surface area contributed by atoms with E-state index in [1.165, 1.54) is 11.8 Å². The van der Waals surface area contributed by atoms with Crippen LogP contribution in [0, 0.1) is 5.92 Å². The highest BCUT2D eigenvalue weighted by Crippen LogP contribution is 2.07. The van der Waals surface area contributed by atoms with Crippen LogP contribution in [-0.2, 0) is 24.0 Å². The van der Waals surface area contributed by atoms with Gasteiger partial charge in [0.1, 0.15) is 18.1 Å². The molecule has 0 spiro atoms. The number of primary amides is 1. The van der Waals surface area contributed by atoms with Crippen molar-refractivity contribution in [3.05, 3.63) is 0 Å². The summed E-state index contributed by atoms with van der Waals surface area (Å²) in [5.74, 6) is -3.63. The van der Waals surface area contributed by atoms with Crippen LogP contribution in [0.4, 0.5) is 0 Å². The zero-order chi connectivity index (χ0) is 24.1. The number of thiol groups is 1. The van der Waals surface area contributed by atoms with Crippen molar-refractivity contribution in [2.75, 3.05) is 17.8 Å². The number of thioether (sulfide) groups is 1. The smallest absolute Gasteiger partial charge is 0.327 e. The lowest BCUT2D eigenvalue weighted by Crippen LogP contribution is -2.58. The van der Waals surface area contributed by atoms with Gasteiger partial charge in [-0.3, -0.25) is 19.2 Å². The molecule has 0 aromatic heterocycles. The van der Waals surface area contributed by atoms with Gasteiger partial charge >= 0.3 is 5.97 Å². The summed E-state index contributed by atoms with van der Waals surface area (Å²) < 4.78 is 0. The molecular formula is C18H33N5O6S2. The molecule has 0 aliphatic heterocycles. The first-order chi connectivity index (χ1) is 14.4. The minimum atomic E-state index is -1.24. The largest absolute Gasteiger partial charge is 0.480 e. The Morgan fingerprint density at radius 1 is 0.968 bits per heavy atom. The molecule has 178 valence electrons. The Balaban J connectivity index is 5.25. The standard InChI is InChI=1S/C18H33N5O6S2/c1-9(2)14(23-15(25)10(19)4-5-13(20)24)17(27)21-11(6-7-31-3)16(26)22-12(8-30)18(28)29/h9-12,14,30H,4-8,19H2,1-3H3,(H2,20,24)(H,21,27)(H,22,26)(H,23,25)(H,28,29). The van der Waals surface area contributed by atoms with Crippen LogP contribution in [0.1, 0.15) is 33.1 Å². The van der Waals surface area contributed by atoms with E-state index in [1.807, 2.05) is 6.26 Å². The van der Waals surface area contributed by atoms with Gasteiger partial charge < -0.3 is 32.5 Å². The number of carboxylic acids is 1. The predicted octanol–water partition coefficient (Wildman–Crippen LogP) is -1.54. The van der Waals surface area contributed by atoms with Crippen molar-refractivity contribution < 1.29 is 29.1 Å². The van der Waals surface area contributed by atoms with Crippen molar-refractivity contribution in [1.82, 2.24) is 16.0 Å². The van der Waals surface area contributed by atoms with Crippen LogP contribution in [0.3, 0.4) is 0 Å². The van der Waals surface area contributed by atoms with Crippen LogP contribution in [0.5, 0.6) is 0 Å². The Labute approximate surface area is 191 Å². The van der Waals surface area contributed by atoms with E-state index in [0.717, 1.165) is 0 Å². The third-order valence-corrected chi connectivity index (χ3v) is 5.34. The molecule has 4 unspecified atom stereocenters. The normalized spacial score (nSPS) is 14.8. The van der Waals surface area contributed by atoms with E-state index in [-0.39, 0.29) is 30.9 Å². The summed E-state index contributed by atoms with van der Waals surface area (Å²) >= 11 is 5.36. The zero-order valence-electron chi connectivity index (χ0n) is 17.9. The predicted molar refractivity (Wildman–Crippen MR) is 122 cm³/mol. The molecule has 0 heterocycles. The molecule has 0 saturated heterocycles. The van der Waals surface area contributed by atoms with Crippen molar-refractivity contribution in [2.24, 2.45) is 17.4 Å². The molecule has 4 amide bonds. The summed E-state index contributed by atoms with van der Waals surface area (Å²) in [6.07, 6.45) is 2.05. The quantitative estimate of drug-likeness (QED) is 0.137. The number of hydrogen-bond acceptors (Lipinski definition) is 8. The summed E-state index contributed by atoms with van der Waals surface area (Å²) in [5, 5.41) is 16.6. The lowest BCUT2D eigenvalue weighted by Gasteiger charge is -2.26. The molecule has 0 saturated carbocycles. The van der Waals surface area contributed by atoms with Crippen molar-refractivity contribution in [3.8, 4) is 0 Å². The van der Waals surface area contributed by atoms with Gasteiger partial charge in [-0.25, -0.2) is 4.79 Å². The molecule has 0 aliphatic rings. The van der Waals surface area contributed by atoms with Gasteiger partial charge in [-0.15, -0.1) is 0 Å². The molecule has 0 bridgehead atoms. The monoisotopic (exact) mass is 479 g/mol. The lowest BCUT2D eigenvalue weighted by atomic mass is 10.0. The average Bonchev–Trinajstić information content (AvgIpc) is 2.69. The van der Waals surface area contributed by atoms with Crippen molar-refractivity contribution in [3.63, 3.8) is 0 Å². The van der Waals surface area contributed by atoms with E-state index in [4.69, 9.17) is 16.6 Å². The van der Waals surface area contributed by atoms with E-state index >= 15 is 0 Å². The minimum Gasteiger partial charge on any atom is -0.480 e. The molecule has 0 aromatic carbocycles. The van der Waals surface area contributed by atoms with Gasteiger partial charge in [0.2, 0.25) is 23.6 Å². The van der Waals surface area contributed by atoms with Gasteiger partial charge in [0, 0.05) is 12.2 Å². The van der Waals surface area contributed by atoms with Crippen molar-refractivity contribution >= 4 is 54.0 Å². The van der Waals surface area contributed by atoms with E-state index in [1.54, 1.807) is 13.8 Å². The van der Waals surface area contributed by atoms with E-state index < -0.39 is 53.8 Å². The number of amides is 4. The number of aliphatic carboxylic acids is 1. The fourth-order valence-electron chi connectivity index (χ4n) is 2.45. The van der Waals surface area contributed by atoms with Crippen LogP contribution >= 0.6 is 24.4 Å². The van der Waals surface area contributed by atoms with Gasteiger partial charge in [0.15, 0.2) is 0 Å². The number of carbonyl (C=O) groups is 5. The summed E-state index contributed by atoms with van der Waals surface area (Å²) in [6.45, 7) is 3.41. The maximum Gasteiger partial charge on any atom is 0.327 e. The van der Waals surface area contributed by atoms with Crippen LogP contribution in [0.2, 0.25) is 0 Å². The minimum absolute atomic E-state index is 0.0344. The summed E-state index contributed by atoms with van der Waals surface area (Å²) in [7, 11) is 0. The highest BCUT2D eigenvalue weighted by Gasteiger charge is 2.31. The molecular weight excluding hydrogens is 446 g/mol. The first-order valence-electron chi connectivity index (χ1n) is 9.72. The Hall–Kier alpha value is -1.99. The second-order valence-corrected chi connectivity index (χ2v) is 8.62. The van der Waals surface area contributed by atoms with Gasteiger partial charge in [-0.1, -0.05) is 13.8 Å².